The van der Waals surface area contributed by atoms with Crippen molar-refractivity contribution in [2.75, 3.05) is 0 Å². The lowest BCUT2D eigenvalue weighted by Crippen LogP contribution is -2.23. The molecule has 13 heavy (non-hydrogen) atoms. The van der Waals surface area contributed by atoms with E-state index in [2.05, 4.69) is 41.5 Å². The first-order chi connectivity index (χ1) is 5.94. The Labute approximate surface area is 85.1 Å². The highest BCUT2D eigenvalue weighted by Gasteiger charge is 2.25. The second-order valence-electron chi connectivity index (χ2n) is 5.39. The molecule has 0 heteroatoms. The van der Waals surface area contributed by atoms with Gasteiger partial charge in [0.25, 0.3) is 0 Å². The Morgan fingerprint density at radius 3 is 2.00 bits per heavy atom. The molecule has 0 saturated heterocycles. The molecular formula is C13H28. The molecule has 0 amide bonds. The highest BCUT2D eigenvalue weighted by Crippen LogP contribution is 2.36. The van der Waals surface area contributed by atoms with E-state index in [-0.39, 0.29) is 0 Å². The van der Waals surface area contributed by atoms with Crippen LogP contribution in [0.1, 0.15) is 67.2 Å². The van der Waals surface area contributed by atoms with Crippen molar-refractivity contribution >= 4 is 0 Å². The van der Waals surface area contributed by atoms with Gasteiger partial charge in [-0.15, -0.1) is 0 Å². The third-order valence-corrected chi connectivity index (χ3v) is 3.68. The van der Waals surface area contributed by atoms with E-state index in [1.165, 1.54) is 25.7 Å². The quantitative estimate of drug-likeness (QED) is 0.551. The van der Waals surface area contributed by atoms with Crippen LogP contribution in [0.3, 0.4) is 0 Å². The summed E-state index contributed by atoms with van der Waals surface area (Å²) >= 11 is 0. The summed E-state index contributed by atoms with van der Waals surface area (Å²) in [6.07, 6.45) is 5.40. The van der Waals surface area contributed by atoms with Crippen LogP contribution in [0, 0.1) is 17.3 Å². The second kappa shape index (κ2) is 5.67. The summed E-state index contributed by atoms with van der Waals surface area (Å²) in [7, 11) is 0. The summed E-state index contributed by atoms with van der Waals surface area (Å²) in [6, 6.07) is 0. The SMILES string of the molecule is CCCC(C)(C)C(C)CC(C)CC. The highest BCUT2D eigenvalue weighted by molar-refractivity contribution is 4.76. The van der Waals surface area contributed by atoms with E-state index in [0.29, 0.717) is 5.41 Å². The van der Waals surface area contributed by atoms with Gasteiger partial charge in [-0.2, -0.15) is 0 Å². The average Bonchev–Trinajstić information content (AvgIpc) is 2.04. The molecule has 0 aliphatic carbocycles. The fourth-order valence-electron chi connectivity index (χ4n) is 1.98. The van der Waals surface area contributed by atoms with E-state index in [9.17, 15) is 0 Å². The Morgan fingerprint density at radius 1 is 1.08 bits per heavy atom. The molecule has 0 aromatic rings. The molecule has 0 nitrogen and oxygen atoms in total. The van der Waals surface area contributed by atoms with Gasteiger partial charge in [0.05, 0.1) is 0 Å². The van der Waals surface area contributed by atoms with E-state index in [4.69, 9.17) is 0 Å². The van der Waals surface area contributed by atoms with Gasteiger partial charge in [-0.25, -0.2) is 0 Å². The molecule has 2 atom stereocenters. The van der Waals surface area contributed by atoms with E-state index in [1.54, 1.807) is 0 Å². The van der Waals surface area contributed by atoms with Crippen LogP contribution in [0.25, 0.3) is 0 Å². The highest BCUT2D eigenvalue weighted by atomic mass is 14.3. The standard InChI is InChI=1S/C13H28/c1-7-9-13(5,6)12(4)10-11(3)8-2/h11-12H,7-10H2,1-6H3. The van der Waals surface area contributed by atoms with Gasteiger partial charge in [-0.1, -0.05) is 54.4 Å². The normalized spacial score (nSPS) is 17.1. The zero-order chi connectivity index (χ0) is 10.5. The first kappa shape index (κ1) is 13.0. The van der Waals surface area contributed by atoms with Gasteiger partial charge in [0.15, 0.2) is 0 Å². The van der Waals surface area contributed by atoms with Crippen LogP contribution in [0.5, 0.6) is 0 Å². The predicted molar refractivity (Wildman–Crippen MR) is 61.9 cm³/mol. The Morgan fingerprint density at radius 2 is 1.62 bits per heavy atom. The number of hydrogen-bond acceptors (Lipinski definition) is 0. The zero-order valence-corrected chi connectivity index (χ0v) is 10.5. The molecule has 0 aliphatic heterocycles. The van der Waals surface area contributed by atoms with Crippen LogP contribution < -0.4 is 0 Å². The molecule has 0 fully saturated rings. The van der Waals surface area contributed by atoms with Gasteiger partial charge >= 0.3 is 0 Å². The molecule has 80 valence electrons. The molecule has 0 aromatic carbocycles. The maximum atomic E-state index is 2.42. The summed E-state index contributed by atoms with van der Waals surface area (Å²) in [5.74, 6) is 1.76. The van der Waals surface area contributed by atoms with Crippen molar-refractivity contribution in [2.45, 2.75) is 67.2 Å². The molecule has 0 spiro atoms. The van der Waals surface area contributed by atoms with E-state index < -0.39 is 0 Å². The zero-order valence-electron chi connectivity index (χ0n) is 10.5. The van der Waals surface area contributed by atoms with E-state index >= 15 is 0 Å². The van der Waals surface area contributed by atoms with Gasteiger partial charge in [-0.3, -0.25) is 0 Å². The third-order valence-electron chi connectivity index (χ3n) is 3.68. The van der Waals surface area contributed by atoms with Crippen LogP contribution in [0.15, 0.2) is 0 Å². The van der Waals surface area contributed by atoms with Gasteiger partial charge in [0.1, 0.15) is 0 Å². The van der Waals surface area contributed by atoms with E-state index in [0.717, 1.165) is 11.8 Å². The van der Waals surface area contributed by atoms with Crippen LogP contribution in [-0.4, -0.2) is 0 Å². The Balaban J connectivity index is 3.99. The lowest BCUT2D eigenvalue weighted by Gasteiger charge is -2.33. The summed E-state index contributed by atoms with van der Waals surface area (Å²) in [6.45, 7) is 14.2. The Bertz CT molecular complexity index is 124. The van der Waals surface area contributed by atoms with Gasteiger partial charge in [0.2, 0.25) is 0 Å². The molecule has 0 saturated carbocycles. The number of hydrogen-bond donors (Lipinski definition) is 0. The minimum absolute atomic E-state index is 0.540. The van der Waals surface area contributed by atoms with Crippen molar-refractivity contribution in [1.82, 2.24) is 0 Å². The predicted octanol–water partition coefficient (Wildman–Crippen LogP) is 4.89. The minimum Gasteiger partial charge on any atom is -0.0654 e. The molecular weight excluding hydrogens is 156 g/mol. The fourth-order valence-corrected chi connectivity index (χ4v) is 1.98. The minimum atomic E-state index is 0.540. The van der Waals surface area contributed by atoms with Crippen molar-refractivity contribution in [2.24, 2.45) is 17.3 Å². The first-order valence-corrected chi connectivity index (χ1v) is 5.94. The van der Waals surface area contributed by atoms with Crippen LogP contribution in [0.2, 0.25) is 0 Å². The fraction of sp³-hybridized carbons (Fsp3) is 1.00. The molecule has 0 bridgehead atoms. The van der Waals surface area contributed by atoms with Crippen LogP contribution in [-0.2, 0) is 0 Å². The monoisotopic (exact) mass is 184 g/mol. The van der Waals surface area contributed by atoms with Crippen molar-refractivity contribution in [1.29, 1.82) is 0 Å². The largest absolute Gasteiger partial charge is 0.0654 e. The molecule has 0 heterocycles. The van der Waals surface area contributed by atoms with Crippen LogP contribution >= 0.6 is 0 Å². The van der Waals surface area contributed by atoms with E-state index in [1.807, 2.05) is 0 Å². The molecule has 0 aliphatic rings. The molecule has 0 aromatic heterocycles. The lowest BCUT2D eigenvalue weighted by molar-refractivity contribution is 0.177. The Kier molecular flexibility index (Phi) is 5.67. The first-order valence-electron chi connectivity index (χ1n) is 5.94. The third kappa shape index (κ3) is 4.69. The molecule has 2 unspecified atom stereocenters. The van der Waals surface area contributed by atoms with Crippen molar-refractivity contribution in [3.63, 3.8) is 0 Å². The summed E-state index contributed by atoms with van der Waals surface area (Å²) in [5.41, 5.74) is 0.540. The van der Waals surface area contributed by atoms with Gasteiger partial charge in [-0.05, 0) is 30.1 Å². The van der Waals surface area contributed by atoms with Crippen molar-refractivity contribution in [3.8, 4) is 0 Å². The van der Waals surface area contributed by atoms with Gasteiger partial charge < -0.3 is 0 Å². The maximum Gasteiger partial charge on any atom is -0.0329 e. The maximum absolute atomic E-state index is 2.42. The topological polar surface area (TPSA) is 0 Å². The summed E-state index contributed by atoms with van der Waals surface area (Å²) in [5, 5.41) is 0. The lowest BCUT2D eigenvalue weighted by atomic mass is 9.73. The average molecular weight is 184 g/mol. The number of rotatable bonds is 6. The smallest absolute Gasteiger partial charge is 0.0329 e. The van der Waals surface area contributed by atoms with Gasteiger partial charge in [0, 0.05) is 0 Å². The molecule has 0 radical (unpaired) electrons. The molecule has 0 rings (SSSR count). The van der Waals surface area contributed by atoms with Crippen molar-refractivity contribution in [3.05, 3.63) is 0 Å². The molecule has 0 N–H and O–H groups in total. The van der Waals surface area contributed by atoms with Crippen molar-refractivity contribution < 1.29 is 0 Å². The van der Waals surface area contributed by atoms with Crippen LogP contribution in [0.4, 0.5) is 0 Å². The summed E-state index contributed by atoms with van der Waals surface area (Å²) < 4.78 is 0. The summed E-state index contributed by atoms with van der Waals surface area (Å²) in [4.78, 5) is 0. The second-order valence-corrected chi connectivity index (χ2v) is 5.39. The Hall–Kier alpha value is 0.